The van der Waals surface area contributed by atoms with Gasteiger partial charge >= 0.3 is 0 Å². The molecule has 160 valence electrons. The summed E-state index contributed by atoms with van der Waals surface area (Å²) in [6.45, 7) is 1.84. The van der Waals surface area contributed by atoms with Gasteiger partial charge in [0.2, 0.25) is 0 Å². The van der Waals surface area contributed by atoms with Crippen LogP contribution >= 0.6 is 28.1 Å². The van der Waals surface area contributed by atoms with Crippen molar-refractivity contribution in [3.05, 3.63) is 86.1 Å². The largest absolute Gasteiger partial charge is 0.457 e. The number of hydrogen-bond acceptors (Lipinski definition) is 6. The summed E-state index contributed by atoms with van der Waals surface area (Å²) in [6.07, 6.45) is 1.34. The maximum atomic E-state index is 13.1. The molecule has 1 aromatic heterocycles. The highest BCUT2D eigenvalue weighted by atomic mass is 79.9. The van der Waals surface area contributed by atoms with Gasteiger partial charge in [0.1, 0.15) is 17.1 Å². The summed E-state index contributed by atoms with van der Waals surface area (Å²) in [4.78, 5) is 37.3. The molecule has 0 atom stereocenters. The van der Waals surface area contributed by atoms with Crippen LogP contribution in [-0.2, 0) is 9.59 Å². The molecular weight excluding hydrogens is 498 g/mol. The Bertz CT molecular complexity index is 1330. The van der Waals surface area contributed by atoms with Crippen LogP contribution in [0.5, 0.6) is 0 Å². The van der Waals surface area contributed by atoms with Gasteiger partial charge in [-0.05, 0) is 71.0 Å². The Morgan fingerprint density at radius 3 is 2.59 bits per heavy atom. The lowest BCUT2D eigenvalue weighted by Crippen LogP contribution is -2.54. The highest BCUT2D eigenvalue weighted by Gasteiger charge is 2.35. The fraction of sp³-hybridized carbons (Fsp3) is 0.0455. The molecule has 2 amide bonds. The number of carbonyl (C=O) groups is 2. The van der Waals surface area contributed by atoms with Crippen molar-refractivity contribution in [2.45, 2.75) is 6.92 Å². The second kappa shape index (κ2) is 8.48. The Morgan fingerprint density at radius 1 is 1.16 bits per heavy atom. The number of halogens is 1. The number of non-ortho nitro benzene ring substituents is 1. The molecule has 0 radical (unpaired) electrons. The molecule has 4 rings (SSSR count). The van der Waals surface area contributed by atoms with Gasteiger partial charge < -0.3 is 4.42 Å². The lowest BCUT2D eigenvalue weighted by Gasteiger charge is -2.29. The third kappa shape index (κ3) is 3.97. The number of nitro groups is 1. The number of carbonyl (C=O) groups excluding carboxylic acids is 2. The van der Waals surface area contributed by atoms with Crippen LogP contribution in [0, 0.1) is 17.0 Å². The highest BCUT2D eigenvalue weighted by molar-refractivity contribution is 9.10. The third-order valence-corrected chi connectivity index (χ3v) is 5.74. The smallest absolute Gasteiger partial charge is 0.270 e. The first-order valence-corrected chi connectivity index (χ1v) is 10.5. The molecule has 1 fully saturated rings. The van der Waals surface area contributed by atoms with Crippen molar-refractivity contribution < 1.29 is 18.9 Å². The van der Waals surface area contributed by atoms with E-state index in [0.29, 0.717) is 21.5 Å². The van der Waals surface area contributed by atoms with Crippen molar-refractivity contribution in [2.75, 3.05) is 4.90 Å². The first-order chi connectivity index (χ1) is 15.3. The summed E-state index contributed by atoms with van der Waals surface area (Å²) in [5, 5.41) is 13.5. The summed E-state index contributed by atoms with van der Waals surface area (Å²) in [5.74, 6) is -0.517. The zero-order valence-corrected chi connectivity index (χ0v) is 18.9. The minimum atomic E-state index is -0.626. The number of nitrogens with zero attached hydrogens (tertiary/aromatic N) is 2. The Labute approximate surface area is 195 Å². The molecule has 1 aliphatic rings. The monoisotopic (exact) mass is 511 g/mol. The number of anilines is 1. The van der Waals surface area contributed by atoms with Gasteiger partial charge in [-0.25, -0.2) is 0 Å². The van der Waals surface area contributed by atoms with Gasteiger partial charge in [-0.2, -0.15) is 0 Å². The lowest BCUT2D eigenvalue weighted by molar-refractivity contribution is -0.384. The van der Waals surface area contributed by atoms with Crippen LogP contribution in [-0.4, -0.2) is 21.9 Å². The van der Waals surface area contributed by atoms with E-state index in [1.54, 1.807) is 30.3 Å². The fourth-order valence-electron chi connectivity index (χ4n) is 3.23. The van der Waals surface area contributed by atoms with E-state index in [-0.39, 0.29) is 22.1 Å². The lowest BCUT2D eigenvalue weighted by atomic mass is 10.1. The van der Waals surface area contributed by atoms with Crippen molar-refractivity contribution in [3.8, 4) is 11.3 Å². The number of nitrogens with one attached hydrogen (secondary N) is 1. The first kappa shape index (κ1) is 21.6. The number of rotatable bonds is 4. The van der Waals surface area contributed by atoms with Crippen molar-refractivity contribution in [2.24, 2.45) is 0 Å². The minimum absolute atomic E-state index is 0.00129. The molecule has 8 nitrogen and oxygen atoms in total. The first-order valence-electron chi connectivity index (χ1n) is 9.27. The van der Waals surface area contributed by atoms with Crippen LogP contribution in [0.2, 0.25) is 0 Å². The van der Waals surface area contributed by atoms with E-state index in [2.05, 4.69) is 21.2 Å². The number of amides is 2. The van der Waals surface area contributed by atoms with Crippen LogP contribution in [0.4, 0.5) is 11.4 Å². The Balaban J connectivity index is 1.68. The van der Waals surface area contributed by atoms with Crippen molar-refractivity contribution in [1.29, 1.82) is 0 Å². The van der Waals surface area contributed by atoms with E-state index in [0.717, 1.165) is 5.56 Å². The predicted molar refractivity (Wildman–Crippen MR) is 126 cm³/mol. The van der Waals surface area contributed by atoms with Crippen molar-refractivity contribution in [3.63, 3.8) is 0 Å². The second-order valence-electron chi connectivity index (χ2n) is 6.87. The Kier molecular flexibility index (Phi) is 5.72. The van der Waals surface area contributed by atoms with Crippen molar-refractivity contribution in [1.82, 2.24) is 5.32 Å². The zero-order chi connectivity index (χ0) is 23.0. The molecule has 2 heterocycles. The topological polar surface area (TPSA) is 106 Å². The summed E-state index contributed by atoms with van der Waals surface area (Å²) in [5.41, 5.74) is 1.78. The molecule has 0 aliphatic carbocycles. The van der Waals surface area contributed by atoms with E-state index in [4.69, 9.17) is 16.6 Å². The minimum Gasteiger partial charge on any atom is -0.457 e. The second-order valence-corrected chi connectivity index (χ2v) is 8.11. The molecule has 0 saturated carbocycles. The van der Waals surface area contributed by atoms with E-state index < -0.39 is 16.7 Å². The van der Waals surface area contributed by atoms with Crippen LogP contribution < -0.4 is 10.2 Å². The molecule has 3 aromatic rings. The predicted octanol–water partition coefficient (Wildman–Crippen LogP) is 4.76. The standard InChI is InChI=1S/C22H14BrN3O5S/c1-12-4-2-3-5-18(12)25-21(28)16(20(27)24-22(25)32)11-14-7-9-19(31-14)15-8-6-13(26(29)30)10-17(15)23/h2-11H,1H3,(H,24,27,32)/b16-11-. The number of aryl methyl sites for hydroxylation is 1. The maximum absolute atomic E-state index is 13.1. The Hall–Kier alpha value is -3.63. The maximum Gasteiger partial charge on any atom is 0.270 e. The number of benzene rings is 2. The van der Waals surface area contributed by atoms with Gasteiger partial charge in [0.05, 0.1) is 10.6 Å². The molecule has 10 heteroatoms. The molecule has 1 saturated heterocycles. The molecule has 1 N–H and O–H groups in total. The molecular formula is C22H14BrN3O5S. The third-order valence-electron chi connectivity index (χ3n) is 4.80. The summed E-state index contributed by atoms with van der Waals surface area (Å²) < 4.78 is 6.26. The van der Waals surface area contributed by atoms with E-state index in [9.17, 15) is 19.7 Å². The van der Waals surface area contributed by atoms with E-state index in [1.807, 2.05) is 19.1 Å². The van der Waals surface area contributed by atoms with Gasteiger partial charge in [-0.15, -0.1) is 0 Å². The van der Waals surface area contributed by atoms with Gasteiger partial charge in [-0.3, -0.25) is 29.9 Å². The summed E-state index contributed by atoms with van der Waals surface area (Å²) in [7, 11) is 0. The highest BCUT2D eigenvalue weighted by Crippen LogP contribution is 2.33. The van der Waals surface area contributed by atoms with Crippen LogP contribution in [0.15, 0.2) is 69.1 Å². The zero-order valence-electron chi connectivity index (χ0n) is 16.5. The van der Waals surface area contributed by atoms with Crippen LogP contribution in [0.1, 0.15) is 11.3 Å². The number of hydrogen-bond donors (Lipinski definition) is 1. The Morgan fingerprint density at radius 2 is 1.91 bits per heavy atom. The van der Waals surface area contributed by atoms with E-state index >= 15 is 0 Å². The quantitative estimate of drug-likeness (QED) is 0.178. The summed E-state index contributed by atoms with van der Waals surface area (Å²) in [6, 6.07) is 14.7. The van der Waals surface area contributed by atoms with Crippen molar-refractivity contribution >= 4 is 62.5 Å². The molecule has 0 bridgehead atoms. The summed E-state index contributed by atoms with van der Waals surface area (Å²) >= 11 is 8.53. The molecule has 0 spiro atoms. The van der Waals surface area contributed by atoms with Gasteiger partial charge in [0.15, 0.2) is 5.11 Å². The van der Waals surface area contributed by atoms with Gasteiger partial charge in [-0.1, -0.05) is 18.2 Å². The number of thiocarbonyl (C=S) groups is 1. The van der Waals surface area contributed by atoms with E-state index in [1.165, 1.54) is 23.1 Å². The van der Waals surface area contributed by atoms with Gasteiger partial charge in [0, 0.05) is 22.2 Å². The van der Waals surface area contributed by atoms with Gasteiger partial charge in [0.25, 0.3) is 17.5 Å². The molecule has 1 aliphatic heterocycles. The molecule has 2 aromatic carbocycles. The fourth-order valence-corrected chi connectivity index (χ4v) is 4.06. The average molecular weight is 512 g/mol. The van der Waals surface area contributed by atoms with Crippen LogP contribution in [0.25, 0.3) is 17.4 Å². The van der Waals surface area contributed by atoms with Crippen LogP contribution in [0.3, 0.4) is 0 Å². The molecule has 32 heavy (non-hydrogen) atoms. The SMILES string of the molecule is Cc1ccccc1N1C(=O)/C(=C\c2ccc(-c3ccc([N+](=O)[O-])cc3Br)o2)C(=O)NC1=S. The number of para-hydroxylation sites is 1. The molecule has 0 unspecified atom stereocenters. The normalized spacial score (nSPS) is 15.2. The number of nitro benzene ring substituents is 1. The average Bonchev–Trinajstić information content (AvgIpc) is 3.20. The number of furan rings is 1.